The molecule has 0 fully saturated rings. The first-order valence-corrected chi connectivity index (χ1v) is 9.12. The molecular formula is C13H22N2O3S2. The van der Waals surface area contributed by atoms with Crippen molar-refractivity contribution < 1.29 is 13.2 Å². The van der Waals surface area contributed by atoms with Crippen LogP contribution in [0.4, 0.5) is 5.69 Å². The Morgan fingerprint density at radius 3 is 2.60 bits per heavy atom. The lowest BCUT2D eigenvalue weighted by molar-refractivity contribution is 0.193. The summed E-state index contributed by atoms with van der Waals surface area (Å²) in [5.41, 5.74) is 6.30. The van der Waals surface area contributed by atoms with Crippen molar-refractivity contribution in [3.05, 3.63) is 24.3 Å². The number of nitrogen functional groups attached to an aromatic ring is 1. The molecule has 20 heavy (non-hydrogen) atoms. The molecule has 1 rings (SSSR count). The molecule has 1 aromatic rings. The summed E-state index contributed by atoms with van der Waals surface area (Å²) >= 11 is 1.51. The van der Waals surface area contributed by atoms with Crippen LogP contribution in [0, 0.1) is 0 Å². The highest BCUT2D eigenvalue weighted by Crippen LogP contribution is 2.19. The first-order valence-electron chi connectivity index (χ1n) is 6.48. The summed E-state index contributed by atoms with van der Waals surface area (Å²) < 4.78 is 31.0. The van der Waals surface area contributed by atoms with Crippen molar-refractivity contribution >= 4 is 27.5 Å². The highest BCUT2D eigenvalue weighted by Gasteiger charge is 2.09. The van der Waals surface area contributed by atoms with Crippen LogP contribution in [0.5, 0.6) is 0 Å². The lowest BCUT2D eigenvalue weighted by atomic mass is 10.3. The maximum Gasteiger partial charge on any atom is 0.212 e. The molecule has 0 aliphatic heterocycles. The zero-order chi connectivity index (χ0) is 14.8. The number of benzene rings is 1. The van der Waals surface area contributed by atoms with Gasteiger partial charge in [0.2, 0.25) is 10.0 Å². The molecule has 7 heteroatoms. The van der Waals surface area contributed by atoms with E-state index in [0.29, 0.717) is 24.6 Å². The number of hydrogen-bond acceptors (Lipinski definition) is 5. The van der Waals surface area contributed by atoms with Gasteiger partial charge in [0.05, 0.1) is 5.75 Å². The van der Waals surface area contributed by atoms with Crippen molar-refractivity contribution in [2.24, 2.45) is 0 Å². The van der Waals surface area contributed by atoms with E-state index >= 15 is 0 Å². The minimum atomic E-state index is -3.18. The average Bonchev–Trinajstić information content (AvgIpc) is 2.40. The Bertz CT molecular complexity index is 475. The second kappa shape index (κ2) is 9.23. The van der Waals surface area contributed by atoms with Crippen molar-refractivity contribution in [2.45, 2.75) is 17.7 Å². The van der Waals surface area contributed by atoms with Gasteiger partial charge in [-0.15, -0.1) is 11.8 Å². The number of anilines is 1. The van der Waals surface area contributed by atoms with Gasteiger partial charge in [-0.1, -0.05) is 0 Å². The highest BCUT2D eigenvalue weighted by molar-refractivity contribution is 8.00. The van der Waals surface area contributed by atoms with Gasteiger partial charge in [-0.3, -0.25) is 0 Å². The summed E-state index contributed by atoms with van der Waals surface area (Å²) in [6.45, 7) is 1.13. The van der Waals surface area contributed by atoms with E-state index in [4.69, 9.17) is 10.5 Å². The molecule has 1 aromatic carbocycles. The minimum Gasteiger partial charge on any atom is -0.399 e. The second-order valence-electron chi connectivity index (χ2n) is 4.33. The summed E-state index contributed by atoms with van der Waals surface area (Å²) in [5.74, 6) is 0.643. The molecular weight excluding hydrogens is 296 g/mol. The van der Waals surface area contributed by atoms with Crippen LogP contribution in [0.2, 0.25) is 0 Å². The number of sulfonamides is 1. The molecule has 0 spiro atoms. The maximum absolute atomic E-state index is 11.7. The summed E-state index contributed by atoms with van der Waals surface area (Å²) in [6.07, 6.45) is 1.65. The predicted molar refractivity (Wildman–Crippen MR) is 84.5 cm³/mol. The number of hydrogen-bond donors (Lipinski definition) is 2. The summed E-state index contributed by atoms with van der Waals surface area (Å²) in [6, 6.07) is 7.41. The van der Waals surface area contributed by atoms with E-state index in [9.17, 15) is 8.42 Å². The van der Waals surface area contributed by atoms with Crippen molar-refractivity contribution in [1.82, 2.24) is 4.72 Å². The van der Waals surface area contributed by atoms with Gasteiger partial charge < -0.3 is 10.5 Å². The molecule has 0 aliphatic rings. The molecule has 0 saturated carbocycles. The van der Waals surface area contributed by atoms with Crippen LogP contribution in [-0.2, 0) is 14.8 Å². The first-order chi connectivity index (χ1) is 9.53. The first kappa shape index (κ1) is 17.3. The van der Waals surface area contributed by atoms with Crippen LogP contribution in [0.3, 0.4) is 0 Å². The zero-order valence-corrected chi connectivity index (χ0v) is 13.3. The van der Waals surface area contributed by atoms with Gasteiger partial charge in [-0.2, -0.15) is 0 Å². The van der Waals surface area contributed by atoms with Crippen LogP contribution >= 0.6 is 11.8 Å². The van der Waals surface area contributed by atoms with Crippen LogP contribution in [0.15, 0.2) is 29.2 Å². The van der Waals surface area contributed by atoms with Gasteiger partial charge in [0.1, 0.15) is 0 Å². The van der Waals surface area contributed by atoms with Crippen LogP contribution in [-0.4, -0.2) is 40.2 Å². The number of nitrogens with one attached hydrogen (secondary N) is 1. The van der Waals surface area contributed by atoms with Gasteiger partial charge in [0.25, 0.3) is 0 Å². The van der Waals surface area contributed by atoms with Crippen molar-refractivity contribution in [2.75, 3.05) is 37.5 Å². The van der Waals surface area contributed by atoms with Crippen LogP contribution in [0.25, 0.3) is 0 Å². The number of nitrogens with two attached hydrogens (primary N) is 1. The molecule has 0 atom stereocenters. The van der Waals surface area contributed by atoms with Crippen LogP contribution < -0.4 is 10.5 Å². The molecule has 3 N–H and O–H groups in total. The molecule has 0 unspecified atom stereocenters. The fraction of sp³-hybridized carbons (Fsp3) is 0.538. The number of thioether (sulfide) groups is 1. The number of ether oxygens (including phenoxy) is 1. The van der Waals surface area contributed by atoms with Crippen LogP contribution in [0.1, 0.15) is 12.8 Å². The molecule has 0 bridgehead atoms. The average molecular weight is 318 g/mol. The third-order valence-corrected chi connectivity index (χ3v) is 5.26. The smallest absolute Gasteiger partial charge is 0.212 e. The quantitative estimate of drug-likeness (QED) is 0.390. The van der Waals surface area contributed by atoms with E-state index in [2.05, 4.69) is 4.72 Å². The van der Waals surface area contributed by atoms with E-state index in [1.54, 1.807) is 7.11 Å². The lowest BCUT2D eigenvalue weighted by Crippen LogP contribution is -2.28. The third kappa shape index (κ3) is 7.74. The second-order valence-corrected chi connectivity index (χ2v) is 7.43. The third-order valence-electron chi connectivity index (χ3n) is 2.60. The van der Waals surface area contributed by atoms with E-state index in [0.717, 1.165) is 17.7 Å². The normalized spacial score (nSPS) is 11.7. The number of rotatable bonds is 10. The SMILES string of the molecule is COCCCCNS(=O)(=O)CCSc1ccc(N)cc1. The Balaban J connectivity index is 2.20. The van der Waals surface area contributed by atoms with Gasteiger partial charge in [0.15, 0.2) is 0 Å². The summed E-state index contributed by atoms with van der Waals surface area (Å²) in [5, 5.41) is 0. The molecule has 114 valence electrons. The van der Waals surface area contributed by atoms with E-state index in [-0.39, 0.29) is 5.75 Å². The van der Waals surface area contributed by atoms with Gasteiger partial charge in [-0.05, 0) is 37.1 Å². The molecule has 0 aromatic heterocycles. The Hall–Kier alpha value is -0.760. The summed E-state index contributed by atoms with van der Waals surface area (Å²) in [4.78, 5) is 1.02. The van der Waals surface area contributed by atoms with Gasteiger partial charge in [0, 0.05) is 36.6 Å². The predicted octanol–water partition coefficient (Wildman–Crippen LogP) is 1.71. The molecule has 0 amide bonds. The molecule has 0 heterocycles. The van der Waals surface area contributed by atoms with Crippen molar-refractivity contribution in [3.8, 4) is 0 Å². The lowest BCUT2D eigenvalue weighted by Gasteiger charge is -2.06. The fourth-order valence-corrected chi connectivity index (χ4v) is 3.88. The Morgan fingerprint density at radius 1 is 1.25 bits per heavy atom. The number of methoxy groups -OCH3 is 1. The monoisotopic (exact) mass is 318 g/mol. The van der Waals surface area contributed by atoms with Gasteiger partial charge >= 0.3 is 0 Å². The molecule has 5 nitrogen and oxygen atoms in total. The highest BCUT2D eigenvalue weighted by atomic mass is 32.2. The number of unbranched alkanes of at least 4 members (excludes halogenated alkanes) is 1. The van der Waals surface area contributed by atoms with E-state index in [1.165, 1.54) is 11.8 Å². The Morgan fingerprint density at radius 2 is 1.95 bits per heavy atom. The van der Waals surface area contributed by atoms with Gasteiger partial charge in [-0.25, -0.2) is 13.1 Å². The van der Waals surface area contributed by atoms with Crippen molar-refractivity contribution in [3.63, 3.8) is 0 Å². The Kier molecular flexibility index (Phi) is 7.98. The van der Waals surface area contributed by atoms with E-state index < -0.39 is 10.0 Å². The fourth-order valence-electron chi connectivity index (χ4n) is 1.50. The summed E-state index contributed by atoms with van der Waals surface area (Å²) in [7, 11) is -1.55. The topological polar surface area (TPSA) is 81.4 Å². The Labute approximate surface area is 125 Å². The molecule has 0 saturated heterocycles. The van der Waals surface area contributed by atoms with Crippen molar-refractivity contribution in [1.29, 1.82) is 0 Å². The zero-order valence-electron chi connectivity index (χ0n) is 11.7. The van der Waals surface area contributed by atoms with E-state index in [1.807, 2.05) is 24.3 Å². The largest absolute Gasteiger partial charge is 0.399 e. The molecule has 0 radical (unpaired) electrons. The minimum absolute atomic E-state index is 0.117. The standard InChI is InChI=1S/C13H22N2O3S2/c1-18-9-3-2-8-15-20(16,17)11-10-19-13-6-4-12(14)5-7-13/h4-7,15H,2-3,8-11,14H2,1H3. The maximum atomic E-state index is 11.7. The molecule has 0 aliphatic carbocycles.